The maximum Gasteiger partial charge on any atom is 0.0108 e. The van der Waals surface area contributed by atoms with Crippen molar-refractivity contribution in [1.82, 2.24) is 5.32 Å². The van der Waals surface area contributed by atoms with E-state index in [0.29, 0.717) is 17.9 Å². The fourth-order valence-corrected chi connectivity index (χ4v) is 3.88. The predicted molar refractivity (Wildman–Crippen MR) is 80.3 cm³/mol. The van der Waals surface area contributed by atoms with Gasteiger partial charge < -0.3 is 5.32 Å². The van der Waals surface area contributed by atoms with Crippen molar-refractivity contribution in [2.24, 2.45) is 5.92 Å². The molecular weight excluding hydrogens is 294 g/mol. The third-order valence-electron chi connectivity index (χ3n) is 3.58. The van der Waals surface area contributed by atoms with Crippen LogP contribution in [0.5, 0.6) is 0 Å². The lowest BCUT2D eigenvalue weighted by molar-refractivity contribution is 0.424. The zero-order chi connectivity index (χ0) is 12.3. The molecule has 1 heterocycles. The minimum Gasteiger partial charge on any atom is -0.313 e. The highest BCUT2D eigenvalue weighted by molar-refractivity contribution is 9.09. The Balaban J connectivity index is 1.90. The van der Waals surface area contributed by atoms with Gasteiger partial charge in [-0.25, -0.2) is 0 Å². The van der Waals surface area contributed by atoms with Crippen LogP contribution in [0.25, 0.3) is 0 Å². The second-order valence-corrected chi connectivity index (χ2v) is 6.58. The molecule has 3 unspecified atom stereocenters. The molecule has 0 bridgehead atoms. The molecule has 1 N–H and O–H groups in total. The molecule has 2 rings (SSSR count). The summed E-state index contributed by atoms with van der Waals surface area (Å²) in [5.74, 6) is 2.59. The van der Waals surface area contributed by atoms with Gasteiger partial charge in [-0.2, -0.15) is 0 Å². The van der Waals surface area contributed by atoms with E-state index in [1.165, 1.54) is 16.2 Å². The van der Waals surface area contributed by atoms with Gasteiger partial charge in [-0.3, -0.25) is 0 Å². The molecule has 94 valence electrons. The van der Waals surface area contributed by atoms with Gasteiger partial charge in [0.1, 0.15) is 0 Å². The van der Waals surface area contributed by atoms with E-state index in [9.17, 15) is 0 Å². The van der Waals surface area contributed by atoms with E-state index in [2.05, 4.69) is 59.4 Å². The van der Waals surface area contributed by atoms with Crippen molar-refractivity contribution in [3.05, 3.63) is 29.8 Å². The molecule has 17 heavy (non-hydrogen) atoms. The van der Waals surface area contributed by atoms with Crippen molar-refractivity contribution in [1.29, 1.82) is 0 Å². The zero-order valence-electron chi connectivity index (χ0n) is 10.4. The monoisotopic (exact) mass is 313 g/mol. The van der Waals surface area contributed by atoms with Crippen LogP contribution in [-0.2, 0) is 0 Å². The third kappa shape index (κ3) is 3.27. The predicted octanol–water partition coefficient (Wildman–Crippen LogP) is 3.89. The number of thioether (sulfide) groups is 1. The van der Waals surface area contributed by atoms with Crippen LogP contribution in [0.3, 0.4) is 0 Å². The van der Waals surface area contributed by atoms with E-state index in [1.54, 1.807) is 0 Å². The Labute approximate surface area is 117 Å². The van der Waals surface area contributed by atoms with Gasteiger partial charge in [-0.15, -0.1) is 11.8 Å². The lowest BCUT2D eigenvalue weighted by Crippen LogP contribution is -2.35. The van der Waals surface area contributed by atoms with Crippen LogP contribution >= 0.6 is 27.7 Å². The second-order valence-electron chi connectivity index (χ2n) is 4.87. The summed E-state index contributed by atoms with van der Waals surface area (Å²) in [5.41, 5.74) is 1.53. The van der Waals surface area contributed by atoms with E-state index < -0.39 is 0 Å². The fourth-order valence-electron chi connectivity index (χ4n) is 2.06. The van der Waals surface area contributed by atoms with Crippen molar-refractivity contribution in [3.8, 4) is 0 Å². The molecule has 1 aromatic rings. The average molecular weight is 314 g/mol. The summed E-state index contributed by atoms with van der Waals surface area (Å²) in [4.78, 5) is 1.47. The van der Waals surface area contributed by atoms with Gasteiger partial charge >= 0.3 is 0 Å². The molecule has 0 radical (unpaired) electrons. The van der Waals surface area contributed by atoms with Crippen LogP contribution in [0.4, 0.5) is 0 Å². The smallest absolute Gasteiger partial charge is 0.0108 e. The molecule has 0 amide bonds. The minimum absolute atomic E-state index is 0.576. The molecule has 1 aliphatic rings. The summed E-state index contributed by atoms with van der Waals surface area (Å²) in [6, 6.07) is 9.39. The van der Waals surface area contributed by atoms with E-state index in [0.717, 1.165) is 11.9 Å². The Hall–Kier alpha value is 0.0100. The SMILES string of the molecule is CC(CBr)C(C)NCC1CSc2ccccc21. The Morgan fingerprint density at radius 2 is 2.18 bits per heavy atom. The highest BCUT2D eigenvalue weighted by atomic mass is 79.9. The quantitative estimate of drug-likeness (QED) is 0.828. The van der Waals surface area contributed by atoms with Crippen LogP contribution in [0.2, 0.25) is 0 Å². The van der Waals surface area contributed by atoms with Crippen LogP contribution in [0, 0.1) is 5.92 Å². The number of alkyl halides is 1. The standard InChI is InChI=1S/C14H20BrNS/c1-10(7-15)11(2)16-8-12-9-17-14-6-4-3-5-13(12)14/h3-6,10-12,16H,7-9H2,1-2H3. The normalized spacial score (nSPS) is 22.2. The number of hydrogen-bond acceptors (Lipinski definition) is 2. The van der Waals surface area contributed by atoms with Crippen molar-refractivity contribution >= 4 is 27.7 Å². The first-order valence-corrected chi connectivity index (χ1v) is 8.34. The first-order chi connectivity index (χ1) is 8.22. The molecule has 1 nitrogen and oxygen atoms in total. The summed E-state index contributed by atoms with van der Waals surface area (Å²) >= 11 is 5.54. The second kappa shape index (κ2) is 6.26. The van der Waals surface area contributed by atoms with Gasteiger partial charge in [-0.1, -0.05) is 41.1 Å². The Bertz CT molecular complexity index is 369. The first kappa shape index (κ1) is 13.4. The highest BCUT2D eigenvalue weighted by Gasteiger charge is 2.23. The third-order valence-corrected chi connectivity index (χ3v) is 5.86. The first-order valence-electron chi connectivity index (χ1n) is 6.23. The molecule has 1 aromatic carbocycles. The molecule has 0 saturated heterocycles. The molecule has 0 saturated carbocycles. The molecule has 3 atom stereocenters. The lowest BCUT2D eigenvalue weighted by atomic mass is 10.00. The Morgan fingerprint density at radius 3 is 2.94 bits per heavy atom. The van der Waals surface area contributed by atoms with E-state index in [1.807, 2.05) is 11.8 Å². The van der Waals surface area contributed by atoms with Crippen molar-refractivity contribution in [2.75, 3.05) is 17.6 Å². The van der Waals surface area contributed by atoms with Crippen LogP contribution < -0.4 is 5.32 Å². The summed E-state index contributed by atoms with van der Waals surface area (Å²) in [5, 5.41) is 4.74. The van der Waals surface area contributed by atoms with E-state index in [-0.39, 0.29) is 0 Å². The number of rotatable bonds is 5. The van der Waals surface area contributed by atoms with Gasteiger partial charge in [0.05, 0.1) is 0 Å². The summed E-state index contributed by atoms with van der Waals surface area (Å²) in [7, 11) is 0. The zero-order valence-corrected chi connectivity index (χ0v) is 12.9. The number of halogens is 1. The molecule has 0 spiro atoms. The summed E-state index contributed by atoms with van der Waals surface area (Å²) < 4.78 is 0. The number of fused-ring (bicyclic) bond motifs is 1. The van der Waals surface area contributed by atoms with Crippen molar-refractivity contribution in [3.63, 3.8) is 0 Å². The van der Waals surface area contributed by atoms with Gasteiger partial charge in [0, 0.05) is 34.5 Å². The fraction of sp³-hybridized carbons (Fsp3) is 0.571. The molecule has 0 aliphatic carbocycles. The highest BCUT2D eigenvalue weighted by Crippen LogP contribution is 2.38. The lowest BCUT2D eigenvalue weighted by Gasteiger charge is -2.21. The van der Waals surface area contributed by atoms with Crippen molar-refractivity contribution < 1.29 is 0 Å². The number of hydrogen-bond donors (Lipinski definition) is 1. The topological polar surface area (TPSA) is 12.0 Å². The van der Waals surface area contributed by atoms with Crippen LogP contribution in [-0.4, -0.2) is 23.7 Å². The average Bonchev–Trinajstić information content (AvgIpc) is 2.78. The van der Waals surface area contributed by atoms with Crippen LogP contribution in [0.15, 0.2) is 29.2 Å². The molecule has 0 aromatic heterocycles. The van der Waals surface area contributed by atoms with Gasteiger partial charge in [0.15, 0.2) is 0 Å². The van der Waals surface area contributed by atoms with Gasteiger partial charge in [0.2, 0.25) is 0 Å². The number of nitrogens with one attached hydrogen (secondary N) is 1. The van der Waals surface area contributed by atoms with Gasteiger partial charge in [0.25, 0.3) is 0 Å². The van der Waals surface area contributed by atoms with Gasteiger partial charge in [-0.05, 0) is 24.5 Å². The molecule has 0 fully saturated rings. The van der Waals surface area contributed by atoms with Crippen LogP contribution in [0.1, 0.15) is 25.3 Å². The number of benzene rings is 1. The maximum atomic E-state index is 3.67. The minimum atomic E-state index is 0.576. The molecule has 3 heteroatoms. The van der Waals surface area contributed by atoms with E-state index >= 15 is 0 Å². The van der Waals surface area contributed by atoms with Crippen molar-refractivity contribution in [2.45, 2.75) is 30.7 Å². The maximum absolute atomic E-state index is 3.67. The Morgan fingerprint density at radius 1 is 1.41 bits per heavy atom. The Kier molecular flexibility index (Phi) is 4.95. The molecule has 1 aliphatic heterocycles. The molecular formula is C14H20BrNS. The summed E-state index contributed by atoms with van der Waals surface area (Å²) in [6.45, 7) is 5.66. The largest absolute Gasteiger partial charge is 0.313 e. The van der Waals surface area contributed by atoms with E-state index in [4.69, 9.17) is 0 Å². The summed E-state index contributed by atoms with van der Waals surface area (Å²) in [6.07, 6.45) is 0.